The molecule has 0 spiro atoms. The normalized spacial score (nSPS) is 17.6. The molecule has 2 fully saturated rings. The summed E-state index contributed by atoms with van der Waals surface area (Å²) in [5, 5.41) is 8.15. The number of benzene rings is 1. The molecule has 0 atom stereocenters. The SMILES string of the molecule is Cc1nn(C)c2ncc(NC(=O)c3cc(S(=O)(=O)N4CCCCC4)ccc3N3CCOCC3)cc12. The van der Waals surface area contributed by atoms with E-state index in [2.05, 4.69) is 20.3 Å². The van der Waals surface area contributed by atoms with E-state index in [4.69, 9.17) is 4.74 Å². The van der Waals surface area contributed by atoms with Crippen LogP contribution in [0.25, 0.3) is 11.0 Å². The van der Waals surface area contributed by atoms with E-state index in [0.717, 1.165) is 36.0 Å². The number of pyridine rings is 1. The van der Waals surface area contributed by atoms with Crippen molar-refractivity contribution in [3.8, 4) is 0 Å². The number of nitrogens with zero attached hydrogens (tertiary/aromatic N) is 5. The third kappa shape index (κ3) is 4.63. The van der Waals surface area contributed by atoms with E-state index in [-0.39, 0.29) is 10.8 Å². The lowest BCUT2D eigenvalue weighted by molar-refractivity contribution is 0.102. The Bertz CT molecular complexity index is 1360. The van der Waals surface area contributed by atoms with E-state index in [1.807, 2.05) is 20.0 Å². The number of nitrogens with one attached hydrogen (secondary N) is 1. The van der Waals surface area contributed by atoms with Gasteiger partial charge in [-0.05, 0) is 44.0 Å². The quantitative estimate of drug-likeness (QED) is 0.576. The Morgan fingerprint density at radius 3 is 2.54 bits per heavy atom. The number of carbonyl (C=O) groups is 1. The fourth-order valence-corrected chi connectivity index (χ4v) is 6.31. The molecular formula is C24H30N6O4S. The van der Waals surface area contributed by atoms with Gasteiger partial charge in [-0.1, -0.05) is 6.42 Å². The summed E-state index contributed by atoms with van der Waals surface area (Å²) in [6.45, 7) is 5.25. The molecule has 0 bridgehead atoms. The summed E-state index contributed by atoms with van der Waals surface area (Å²) in [5.41, 5.74) is 3.07. The predicted molar refractivity (Wildman–Crippen MR) is 133 cm³/mol. The van der Waals surface area contributed by atoms with E-state index in [1.54, 1.807) is 23.0 Å². The van der Waals surface area contributed by atoms with Crippen molar-refractivity contribution in [3.05, 3.63) is 41.7 Å². The van der Waals surface area contributed by atoms with Gasteiger partial charge in [0.05, 0.1) is 41.3 Å². The van der Waals surface area contributed by atoms with Gasteiger partial charge in [0.1, 0.15) is 0 Å². The number of rotatable bonds is 5. The lowest BCUT2D eigenvalue weighted by atomic mass is 10.1. The van der Waals surface area contributed by atoms with Crippen LogP contribution >= 0.6 is 0 Å². The first kappa shape index (κ1) is 23.7. The summed E-state index contributed by atoms with van der Waals surface area (Å²) in [7, 11) is -1.86. The second-order valence-electron chi connectivity index (χ2n) is 9.00. The van der Waals surface area contributed by atoms with Gasteiger partial charge in [-0.2, -0.15) is 9.40 Å². The highest BCUT2D eigenvalue weighted by Crippen LogP contribution is 2.29. The molecule has 2 aliphatic heterocycles. The number of carbonyl (C=O) groups excluding carboxylic acids is 1. The zero-order chi connectivity index (χ0) is 24.6. The van der Waals surface area contributed by atoms with Crippen molar-refractivity contribution >= 4 is 38.3 Å². The van der Waals surface area contributed by atoms with Gasteiger partial charge in [-0.25, -0.2) is 13.4 Å². The molecule has 4 heterocycles. The molecule has 0 saturated carbocycles. The molecule has 1 amide bonds. The molecule has 1 N–H and O–H groups in total. The van der Waals surface area contributed by atoms with Crippen LogP contribution in [0.5, 0.6) is 0 Å². The monoisotopic (exact) mass is 498 g/mol. The van der Waals surface area contributed by atoms with Gasteiger partial charge >= 0.3 is 0 Å². The highest BCUT2D eigenvalue weighted by atomic mass is 32.2. The fraction of sp³-hybridized carbons (Fsp3) is 0.458. The van der Waals surface area contributed by atoms with Crippen molar-refractivity contribution in [1.29, 1.82) is 0 Å². The van der Waals surface area contributed by atoms with Crippen molar-refractivity contribution in [2.75, 3.05) is 49.6 Å². The van der Waals surface area contributed by atoms with Gasteiger partial charge in [0.2, 0.25) is 10.0 Å². The highest BCUT2D eigenvalue weighted by molar-refractivity contribution is 7.89. The molecule has 11 heteroatoms. The summed E-state index contributed by atoms with van der Waals surface area (Å²) in [6.07, 6.45) is 4.32. The number of anilines is 2. The maximum atomic E-state index is 13.5. The molecule has 10 nitrogen and oxygen atoms in total. The first-order chi connectivity index (χ1) is 16.8. The maximum absolute atomic E-state index is 13.5. The van der Waals surface area contributed by atoms with Gasteiger partial charge in [-0.15, -0.1) is 0 Å². The van der Waals surface area contributed by atoms with Gasteiger partial charge in [0.15, 0.2) is 5.65 Å². The summed E-state index contributed by atoms with van der Waals surface area (Å²) in [4.78, 5) is 20.2. The maximum Gasteiger partial charge on any atom is 0.257 e. The summed E-state index contributed by atoms with van der Waals surface area (Å²) in [6, 6.07) is 6.69. The molecule has 35 heavy (non-hydrogen) atoms. The third-order valence-electron chi connectivity index (χ3n) is 6.64. The van der Waals surface area contributed by atoms with Crippen LogP contribution in [0.1, 0.15) is 35.3 Å². The minimum absolute atomic E-state index is 0.137. The highest BCUT2D eigenvalue weighted by Gasteiger charge is 2.28. The Hall–Kier alpha value is -3.02. The fourth-order valence-electron chi connectivity index (χ4n) is 4.77. The van der Waals surface area contributed by atoms with Crippen LogP contribution in [0, 0.1) is 6.92 Å². The Morgan fingerprint density at radius 2 is 1.80 bits per heavy atom. The number of amides is 1. The number of morpholine rings is 1. The van der Waals surface area contributed by atoms with E-state index in [9.17, 15) is 13.2 Å². The zero-order valence-electron chi connectivity index (χ0n) is 20.0. The van der Waals surface area contributed by atoms with E-state index in [1.165, 1.54) is 10.4 Å². The molecule has 186 valence electrons. The minimum Gasteiger partial charge on any atom is -0.378 e. The van der Waals surface area contributed by atoms with Crippen LogP contribution in [0.2, 0.25) is 0 Å². The number of hydrogen-bond donors (Lipinski definition) is 1. The number of aromatic nitrogens is 3. The number of aryl methyl sites for hydroxylation is 2. The average Bonchev–Trinajstić information content (AvgIpc) is 3.17. The Balaban J connectivity index is 1.51. The molecule has 0 aliphatic carbocycles. The Labute approximate surface area is 204 Å². The average molecular weight is 499 g/mol. The minimum atomic E-state index is -3.68. The topological polar surface area (TPSA) is 110 Å². The predicted octanol–water partition coefficient (Wildman–Crippen LogP) is 2.54. The van der Waals surface area contributed by atoms with Gasteiger partial charge in [0, 0.05) is 44.3 Å². The standard InChI is InChI=1S/C24H30N6O4S/c1-17-20-14-18(16-25-23(20)28(2)27-17)26-24(31)21-15-19(35(32,33)30-8-4-3-5-9-30)6-7-22(21)29-10-12-34-13-11-29/h6-7,14-16H,3-5,8-13H2,1-2H3,(H,26,31). The molecule has 1 aromatic carbocycles. The number of ether oxygens (including phenoxy) is 1. The van der Waals surface area contributed by atoms with Crippen LogP contribution in [-0.4, -0.2) is 72.8 Å². The lowest BCUT2D eigenvalue weighted by Gasteiger charge is -2.31. The van der Waals surface area contributed by atoms with Crippen molar-refractivity contribution in [3.63, 3.8) is 0 Å². The summed E-state index contributed by atoms with van der Waals surface area (Å²) in [5.74, 6) is -0.384. The molecular weight excluding hydrogens is 468 g/mol. The largest absolute Gasteiger partial charge is 0.378 e. The van der Waals surface area contributed by atoms with Crippen molar-refractivity contribution in [2.24, 2.45) is 7.05 Å². The first-order valence-corrected chi connectivity index (χ1v) is 13.4. The van der Waals surface area contributed by atoms with Crippen LogP contribution in [0.4, 0.5) is 11.4 Å². The molecule has 0 unspecified atom stereocenters. The molecule has 3 aromatic rings. The van der Waals surface area contributed by atoms with Gasteiger partial charge in [0.25, 0.3) is 5.91 Å². The molecule has 2 aromatic heterocycles. The van der Waals surface area contributed by atoms with E-state index < -0.39 is 10.0 Å². The summed E-state index contributed by atoms with van der Waals surface area (Å²) < 4.78 is 35.4. The second kappa shape index (κ2) is 9.56. The summed E-state index contributed by atoms with van der Waals surface area (Å²) >= 11 is 0. The van der Waals surface area contributed by atoms with E-state index >= 15 is 0 Å². The van der Waals surface area contributed by atoms with Crippen molar-refractivity contribution in [1.82, 2.24) is 19.1 Å². The molecule has 2 aliphatic rings. The number of sulfonamides is 1. The number of fused-ring (bicyclic) bond motifs is 1. The van der Waals surface area contributed by atoms with Crippen LogP contribution in [0.15, 0.2) is 35.4 Å². The van der Waals surface area contributed by atoms with Crippen molar-refractivity contribution in [2.45, 2.75) is 31.1 Å². The molecule has 0 radical (unpaired) electrons. The van der Waals surface area contributed by atoms with Crippen LogP contribution in [0.3, 0.4) is 0 Å². The van der Waals surface area contributed by atoms with Crippen molar-refractivity contribution < 1.29 is 17.9 Å². The van der Waals surface area contributed by atoms with E-state index in [0.29, 0.717) is 56.3 Å². The molecule has 5 rings (SSSR count). The zero-order valence-corrected chi connectivity index (χ0v) is 20.8. The van der Waals surface area contributed by atoms with Crippen LogP contribution in [-0.2, 0) is 21.8 Å². The second-order valence-corrected chi connectivity index (χ2v) is 10.9. The van der Waals surface area contributed by atoms with Crippen LogP contribution < -0.4 is 10.2 Å². The number of hydrogen-bond acceptors (Lipinski definition) is 7. The number of piperidine rings is 1. The van der Waals surface area contributed by atoms with Gasteiger partial charge < -0.3 is 15.0 Å². The molecule has 2 saturated heterocycles. The third-order valence-corrected chi connectivity index (χ3v) is 8.53. The Morgan fingerprint density at radius 1 is 1.06 bits per heavy atom. The lowest BCUT2D eigenvalue weighted by Crippen LogP contribution is -2.38. The Kier molecular flexibility index (Phi) is 6.47. The smallest absolute Gasteiger partial charge is 0.257 e. The first-order valence-electron chi connectivity index (χ1n) is 11.9. The van der Waals surface area contributed by atoms with Gasteiger partial charge in [-0.3, -0.25) is 9.48 Å².